The molecule has 0 amide bonds. The lowest BCUT2D eigenvalue weighted by Crippen LogP contribution is -2.55. The number of halogens is 3. The summed E-state index contributed by atoms with van der Waals surface area (Å²) >= 11 is 5.78. The van der Waals surface area contributed by atoms with E-state index in [0.29, 0.717) is 24.5 Å². The molecule has 2 atom stereocenters. The van der Waals surface area contributed by atoms with E-state index in [2.05, 4.69) is 5.94 Å². The number of hydrogen-bond acceptors (Lipinski definition) is 4. The van der Waals surface area contributed by atoms with Crippen LogP contribution in [0.1, 0.15) is 19.4 Å². The first-order valence-corrected chi connectivity index (χ1v) is 9.35. The number of rotatable bonds is 5. The summed E-state index contributed by atoms with van der Waals surface area (Å²) in [6, 6.07) is 10.2. The fraction of sp³-hybridized carbons (Fsp3) is 0.333. The number of benzene rings is 2. The van der Waals surface area contributed by atoms with Crippen molar-refractivity contribution in [1.29, 1.82) is 0 Å². The van der Waals surface area contributed by atoms with Crippen LogP contribution >= 0.6 is 11.6 Å². The molecule has 0 radical (unpaired) electrons. The standard InChI is InChI=1S/C21H21ClF2N2O2/c1-14-10-25(13-28-18-7-8-20(24)19(22)9-18)15(2)21(12-27)26(14)11-16-3-5-17(23)6-4-16/h3-9,14-15H,10-11,13H2,1-2H3/t14-,15+/m1/s1. The zero-order chi connectivity index (χ0) is 20.3. The molecule has 0 unspecified atom stereocenters. The predicted molar refractivity (Wildman–Crippen MR) is 104 cm³/mol. The van der Waals surface area contributed by atoms with Gasteiger partial charge < -0.3 is 9.64 Å². The molecule has 28 heavy (non-hydrogen) atoms. The summed E-state index contributed by atoms with van der Waals surface area (Å²) in [7, 11) is 0. The summed E-state index contributed by atoms with van der Waals surface area (Å²) < 4.78 is 32.1. The molecule has 3 rings (SSSR count). The van der Waals surface area contributed by atoms with Gasteiger partial charge in [-0.2, -0.15) is 0 Å². The quantitative estimate of drug-likeness (QED) is 0.694. The Labute approximate surface area is 168 Å². The highest BCUT2D eigenvalue weighted by Crippen LogP contribution is 2.27. The van der Waals surface area contributed by atoms with Gasteiger partial charge in [0, 0.05) is 25.2 Å². The highest BCUT2D eigenvalue weighted by molar-refractivity contribution is 6.30. The van der Waals surface area contributed by atoms with E-state index < -0.39 is 5.82 Å². The van der Waals surface area contributed by atoms with Gasteiger partial charge in [-0.05, 0) is 43.7 Å². The number of piperazine rings is 1. The highest BCUT2D eigenvalue weighted by atomic mass is 35.5. The maximum atomic E-state index is 13.3. The van der Waals surface area contributed by atoms with Crippen LogP contribution in [0.2, 0.25) is 5.02 Å². The minimum atomic E-state index is -0.503. The van der Waals surface area contributed by atoms with Crippen molar-refractivity contribution >= 4 is 17.5 Å². The third-order valence-corrected chi connectivity index (χ3v) is 5.23. The van der Waals surface area contributed by atoms with Crippen molar-refractivity contribution in [3.05, 3.63) is 70.4 Å². The lowest BCUT2D eigenvalue weighted by molar-refractivity contribution is 0.0285. The molecule has 1 fully saturated rings. The summed E-state index contributed by atoms with van der Waals surface area (Å²) in [5, 5.41) is -0.00323. The van der Waals surface area contributed by atoms with Crippen molar-refractivity contribution in [2.24, 2.45) is 0 Å². The van der Waals surface area contributed by atoms with E-state index in [0.717, 1.165) is 5.56 Å². The van der Waals surface area contributed by atoms with Gasteiger partial charge in [0.15, 0.2) is 0 Å². The molecule has 1 heterocycles. The molecule has 7 heteroatoms. The topological polar surface area (TPSA) is 32.8 Å². The van der Waals surface area contributed by atoms with Crippen LogP contribution in [0.4, 0.5) is 8.78 Å². The van der Waals surface area contributed by atoms with Gasteiger partial charge in [-0.3, -0.25) is 4.90 Å². The van der Waals surface area contributed by atoms with Crippen LogP contribution in [-0.2, 0) is 11.3 Å². The molecule has 148 valence electrons. The Morgan fingerprint density at radius 1 is 1.18 bits per heavy atom. The fourth-order valence-corrected chi connectivity index (χ4v) is 3.48. The lowest BCUT2D eigenvalue weighted by Gasteiger charge is -2.45. The maximum Gasteiger partial charge on any atom is 0.147 e. The predicted octanol–water partition coefficient (Wildman–Crippen LogP) is 4.26. The Kier molecular flexibility index (Phi) is 6.35. The van der Waals surface area contributed by atoms with Crippen LogP contribution in [0.5, 0.6) is 5.75 Å². The fourth-order valence-electron chi connectivity index (χ4n) is 3.31. The summed E-state index contributed by atoms with van der Waals surface area (Å²) in [6.07, 6.45) is 0. The normalized spacial score (nSPS) is 20.2. The van der Waals surface area contributed by atoms with Gasteiger partial charge in [0.2, 0.25) is 0 Å². The van der Waals surface area contributed by atoms with E-state index in [4.69, 9.17) is 16.3 Å². The third kappa shape index (κ3) is 4.53. The molecular formula is C21H21ClF2N2O2. The molecule has 2 aromatic carbocycles. The van der Waals surface area contributed by atoms with Gasteiger partial charge in [-0.15, -0.1) is 0 Å². The summed E-state index contributed by atoms with van der Waals surface area (Å²) in [5.41, 5.74) is 1.43. The molecule has 1 aliphatic rings. The third-order valence-electron chi connectivity index (χ3n) is 4.94. The van der Waals surface area contributed by atoms with Gasteiger partial charge in [-0.25, -0.2) is 13.6 Å². The van der Waals surface area contributed by atoms with Crippen LogP contribution < -0.4 is 4.74 Å². The summed E-state index contributed by atoms with van der Waals surface area (Å²) in [5.74, 6) is 1.72. The van der Waals surface area contributed by atoms with E-state index in [1.54, 1.807) is 12.1 Å². The molecule has 1 saturated heterocycles. The average Bonchev–Trinajstić information content (AvgIpc) is 2.68. The average molecular weight is 407 g/mol. The number of carbonyl (C=O) groups excluding carboxylic acids is 1. The van der Waals surface area contributed by atoms with E-state index in [1.807, 2.05) is 23.6 Å². The zero-order valence-corrected chi connectivity index (χ0v) is 16.4. The van der Waals surface area contributed by atoms with E-state index in [1.165, 1.54) is 30.3 Å². The Bertz CT molecular complexity index is 884. The second kappa shape index (κ2) is 8.74. The Hall–Kier alpha value is -2.40. The van der Waals surface area contributed by atoms with Crippen LogP contribution in [0.3, 0.4) is 0 Å². The summed E-state index contributed by atoms with van der Waals surface area (Å²) in [6.45, 7) is 5.30. The second-order valence-electron chi connectivity index (χ2n) is 6.89. The van der Waals surface area contributed by atoms with Gasteiger partial charge in [0.1, 0.15) is 35.8 Å². The first kappa shape index (κ1) is 20.3. The number of nitrogens with zero attached hydrogens (tertiary/aromatic N) is 2. The molecule has 0 aliphatic carbocycles. The minimum Gasteiger partial charge on any atom is -0.478 e. The van der Waals surface area contributed by atoms with Crippen LogP contribution in [0.15, 0.2) is 48.2 Å². The maximum absolute atomic E-state index is 13.3. The van der Waals surface area contributed by atoms with Crippen molar-refractivity contribution < 1.29 is 18.3 Å². The highest BCUT2D eigenvalue weighted by Gasteiger charge is 2.34. The molecule has 4 nitrogen and oxygen atoms in total. The molecule has 1 aliphatic heterocycles. The largest absolute Gasteiger partial charge is 0.478 e. The van der Waals surface area contributed by atoms with Crippen LogP contribution in [0.25, 0.3) is 0 Å². The monoisotopic (exact) mass is 406 g/mol. The van der Waals surface area contributed by atoms with Gasteiger partial charge >= 0.3 is 0 Å². The first-order valence-electron chi connectivity index (χ1n) is 8.97. The van der Waals surface area contributed by atoms with E-state index in [-0.39, 0.29) is 29.7 Å². The van der Waals surface area contributed by atoms with Gasteiger partial charge in [-0.1, -0.05) is 23.7 Å². The van der Waals surface area contributed by atoms with Crippen molar-refractivity contribution in [3.63, 3.8) is 0 Å². The SMILES string of the molecule is C[C@@H]1CN(COc2ccc(F)c(Cl)c2)[C@@H](C)C(=C=O)N1Cc1ccc(F)cc1. The zero-order valence-electron chi connectivity index (χ0n) is 15.7. The van der Waals surface area contributed by atoms with E-state index >= 15 is 0 Å². The van der Waals surface area contributed by atoms with Crippen LogP contribution in [-0.4, -0.2) is 41.1 Å². The second-order valence-corrected chi connectivity index (χ2v) is 7.29. The molecule has 0 N–H and O–H groups in total. The molecular weight excluding hydrogens is 386 g/mol. The Balaban J connectivity index is 1.69. The number of hydrogen-bond donors (Lipinski definition) is 0. The lowest BCUT2D eigenvalue weighted by atomic mass is 10.0. The Morgan fingerprint density at radius 2 is 1.89 bits per heavy atom. The van der Waals surface area contributed by atoms with Crippen LogP contribution in [0, 0.1) is 11.6 Å². The van der Waals surface area contributed by atoms with Crippen molar-refractivity contribution in [2.45, 2.75) is 32.5 Å². The molecule has 0 spiro atoms. The summed E-state index contributed by atoms with van der Waals surface area (Å²) in [4.78, 5) is 15.7. The van der Waals surface area contributed by atoms with Crippen molar-refractivity contribution in [1.82, 2.24) is 9.80 Å². The van der Waals surface area contributed by atoms with Crippen molar-refractivity contribution in [3.8, 4) is 5.75 Å². The van der Waals surface area contributed by atoms with Gasteiger partial charge in [0.25, 0.3) is 0 Å². The smallest absolute Gasteiger partial charge is 0.147 e. The Morgan fingerprint density at radius 3 is 2.54 bits per heavy atom. The van der Waals surface area contributed by atoms with E-state index in [9.17, 15) is 13.6 Å². The molecule has 0 aromatic heterocycles. The molecule has 0 saturated carbocycles. The number of ether oxygens (including phenoxy) is 1. The van der Waals surface area contributed by atoms with Crippen molar-refractivity contribution in [2.75, 3.05) is 13.3 Å². The first-order chi connectivity index (χ1) is 13.4. The molecule has 2 aromatic rings. The minimum absolute atomic E-state index is 0.00323. The molecule has 0 bridgehead atoms. The van der Waals surface area contributed by atoms with Gasteiger partial charge in [0.05, 0.1) is 11.1 Å².